The molecule has 98 valence electrons. The summed E-state index contributed by atoms with van der Waals surface area (Å²) < 4.78 is 10.8. The standard InChI is InChI=1S/C12H22N2O3/c1-2-13-9-3-5-10(6-4-9)16-8-11-7-14-12(15)17-11/h9-11,13H,2-8H2,1H3,(H,14,15). The fourth-order valence-electron chi connectivity index (χ4n) is 2.49. The van der Waals surface area contributed by atoms with Gasteiger partial charge in [-0.15, -0.1) is 0 Å². The van der Waals surface area contributed by atoms with Crippen molar-refractivity contribution in [3.8, 4) is 0 Å². The molecule has 0 bridgehead atoms. The van der Waals surface area contributed by atoms with Gasteiger partial charge in [-0.2, -0.15) is 0 Å². The first-order valence-electron chi connectivity index (χ1n) is 6.57. The number of hydrogen-bond donors (Lipinski definition) is 2. The van der Waals surface area contributed by atoms with Crippen molar-refractivity contribution < 1.29 is 14.3 Å². The normalized spacial score (nSPS) is 33.2. The molecule has 1 heterocycles. The fraction of sp³-hybridized carbons (Fsp3) is 0.917. The van der Waals surface area contributed by atoms with Crippen LogP contribution in [0.15, 0.2) is 0 Å². The van der Waals surface area contributed by atoms with E-state index in [-0.39, 0.29) is 12.2 Å². The second-order valence-corrected chi connectivity index (χ2v) is 4.77. The summed E-state index contributed by atoms with van der Waals surface area (Å²) in [5.74, 6) is 0. The Morgan fingerprint density at radius 3 is 2.76 bits per heavy atom. The lowest BCUT2D eigenvalue weighted by Gasteiger charge is -2.29. The van der Waals surface area contributed by atoms with Gasteiger partial charge in [0.2, 0.25) is 0 Å². The van der Waals surface area contributed by atoms with Crippen molar-refractivity contribution in [2.45, 2.75) is 50.9 Å². The molecule has 1 atom stereocenters. The molecular weight excluding hydrogens is 220 g/mol. The molecule has 1 saturated heterocycles. The average Bonchev–Trinajstić information content (AvgIpc) is 2.75. The number of hydrogen-bond acceptors (Lipinski definition) is 4. The minimum absolute atomic E-state index is 0.103. The van der Waals surface area contributed by atoms with Gasteiger partial charge in [0.15, 0.2) is 0 Å². The predicted octanol–water partition coefficient (Wildman–Crippen LogP) is 1.03. The molecule has 0 radical (unpaired) electrons. The summed E-state index contributed by atoms with van der Waals surface area (Å²) in [5.41, 5.74) is 0. The van der Waals surface area contributed by atoms with E-state index in [4.69, 9.17) is 9.47 Å². The minimum atomic E-state index is -0.325. The van der Waals surface area contributed by atoms with E-state index in [0.717, 1.165) is 19.4 Å². The molecule has 0 aromatic rings. The molecule has 1 aliphatic heterocycles. The van der Waals surface area contributed by atoms with Crippen molar-refractivity contribution in [2.24, 2.45) is 0 Å². The maximum absolute atomic E-state index is 10.8. The number of carbonyl (C=O) groups is 1. The molecule has 2 fully saturated rings. The lowest BCUT2D eigenvalue weighted by Crippen LogP contribution is -2.36. The highest BCUT2D eigenvalue weighted by Crippen LogP contribution is 2.21. The van der Waals surface area contributed by atoms with Gasteiger partial charge in [0.1, 0.15) is 6.10 Å². The Labute approximate surface area is 102 Å². The van der Waals surface area contributed by atoms with Crippen molar-refractivity contribution in [1.82, 2.24) is 10.6 Å². The summed E-state index contributed by atoms with van der Waals surface area (Å²) in [6, 6.07) is 0.658. The quantitative estimate of drug-likeness (QED) is 0.756. The molecule has 0 spiro atoms. The third-order valence-electron chi connectivity index (χ3n) is 3.43. The number of alkyl carbamates (subject to hydrolysis) is 1. The second kappa shape index (κ2) is 6.21. The van der Waals surface area contributed by atoms with Crippen molar-refractivity contribution in [1.29, 1.82) is 0 Å². The van der Waals surface area contributed by atoms with E-state index in [1.807, 2.05) is 0 Å². The van der Waals surface area contributed by atoms with Gasteiger partial charge < -0.3 is 20.1 Å². The molecule has 2 rings (SSSR count). The van der Waals surface area contributed by atoms with E-state index in [2.05, 4.69) is 17.6 Å². The van der Waals surface area contributed by atoms with Gasteiger partial charge in [-0.1, -0.05) is 6.92 Å². The van der Waals surface area contributed by atoms with Crippen LogP contribution in [-0.2, 0) is 9.47 Å². The van der Waals surface area contributed by atoms with E-state index in [1.54, 1.807) is 0 Å². The monoisotopic (exact) mass is 242 g/mol. The third-order valence-corrected chi connectivity index (χ3v) is 3.43. The third kappa shape index (κ3) is 3.85. The molecule has 0 aromatic heterocycles. The topological polar surface area (TPSA) is 59.6 Å². The summed E-state index contributed by atoms with van der Waals surface area (Å²) in [4.78, 5) is 10.8. The Bertz CT molecular complexity index is 252. The predicted molar refractivity (Wildman–Crippen MR) is 63.9 cm³/mol. The van der Waals surface area contributed by atoms with Crippen LogP contribution in [-0.4, -0.2) is 44.0 Å². The van der Waals surface area contributed by atoms with Crippen LogP contribution in [0, 0.1) is 0 Å². The maximum Gasteiger partial charge on any atom is 0.407 e. The van der Waals surface area contributed by atoms with Gasteiger partial charge in [0.25, 0.3) is 0 Å². The highest BCUT2D eigenvalue weighted by atomic mass is 16.6. The first-order valence-corrected chi connectivity index (χ1v) is 6.57. The molecule has 5 heteroatoms. The van der Waals surface area contributed by atoms with Gasteiger partial charge in [-0.3, -0.25) is 0 Å². The van der Waals surface area contributed by atoms with Gasteiger partial charge in [0.05, 0.1) is 19.3 Å². The summed E-state index contributed by atoms with van der Waals surface area (Å²) in [6.45, 7) is 4.28. The second-order valence-electron chi connectivity index (χ2n) is 4.77. The molecular formula is C12H22N2O3. The Morgan fingerprint density at radius 2 is 2.18 bits per heavy atom. The Balaban J connectivity index is 1.60. The average molecular weight is 242 g/mol. The van der Waals surface area contributed by atoms with E-state index >= 15 is 0 Å². The zero-order valence-corrected chi connectivity index (χ0v) is 10.4. The lowest BCUT2D eigenvalue weighted by molar-refractivity contribution is -0.0187. The van der Waals surface area contributed by atoms with Crippen LogP contribution >= 0.6 is 0 Å². The molecule has 2 aliphatic rings. The fourth-order valence-corrected chi connectivity index (χ4v) is 2.49. The molecule has 1 amide bonds. The number of ether oxygens (including phenoxy) is 2. The molecule has 0 aromatic carbocycles. The number of cyclic esters (lactones) is 1. The van der Waals surface area contributed by atoms with Crippen LogP contribution in [0.25, 0.3) is 0 Å². The van der Waals surface area contributed by atoms with Crippen LogP contribution < -0.4 is 10.6 Å². The first kappa shape index (κ1) is 12.6. The summed E-state index contributed by atoms with van der Waals surface area (Å²) >= 11 is 0. The van der Waals surface area contributed by atoms with E-state index in [9.17, 15) is 4.79 Å². The largest absolute Gasteiger partial charge is 0.442 e. The van der Waals surface area contributed by atoms with Gasteiger partial charge in [0, 0.05) is 6.04 Å². The minimum Gasteiger partial charge on any atom is -0.442 e. The van der Waals surface area contributed by atoms with E-state index < -0.39 is 0 Å². The van der Waals surface area contributed by atoms with Crippen molar-refractivity contribution in [3.05, 3.63) is 0 Å². The van der Waals surface area contributed by atoms with Gasteiger partial charge in [-0.25, -0.2) is 4.79 Å². The molecule has 2 N–H and O–H groups in total. The number of nitrogens with one attached hydrogen (secondary N) is 2. The SMILES string of the molecule is CCNC1CCC(OCC2CNC(=O)O2)CC1. The molecule has 5 nitrogen and oxygen atoms in total. The number of amides is 1. The number of carbonyl (C=O) groups excluding carboxylic acids is 1. The van der Waals surface area contributed by atoms with Crippen LogP contribution in [0.3, 0.4) is 0 Å². The van der Waals surface area contributed by atoms with Crippen LogP contribution in [0.2, 0.25) is 0 Å². The highest BCUT2D eigenvalue weighted by molar-refractivity contribution is 5.69. The Morgan fingerprint density at radius 1 is 1.41 bits per heavy atom. The number of rotatable bonds is 5. The summed E-state index contributed by atoms with van der Waals surface area (Å²) in [5, 5.41) is 6.10. The molecule has 1 saturated carbocycles. The highest BCUT2D eigenvalue weighted by Gasteiger charge is 2.26. The first-order chi connectivity index (χ1) is 8.28. The molecule has 1 unspecified atom stereocenters. The molecule has 1 aliphatic carbocycles. The van der Waals surface area contributed by atoms with Crippen LogP contribution in [0.5, 0.6) is 0 Å². The van der Waals surface area contributed by atoms with E-state index in [1.165, 1.54) is 12.8 Å². The van der Waals surface area contributed by atoms with E-state index in [0.29, 0.717) is 25.3 Å². The van der Waals surface area contributed by atoms with Gasteiger partial charge >= 0.3 is 6.09 Å². The zero-order valence-electron chi connectivity index (χ0n) is 10.4. The van der Waals surface area contributed by atoms with Crippen molar-refractivity contribution in [3.63, 3.8) is 0 Å². The summed E-state index contributed by atoms with van der Waals surface area (Å²) in [7, 11) is 0. The smallest absolute Gasteiger partial charge is 0.407 e. The Hall–Kier alpha value is -0.810. The van der Waals surface area contributed by atoms with Crippen molar-refractivity contribution >= 4 is 6.09 Å². The summed E-state index contributed by atoms with van der Waals surface area (Å²) in [6.07, 6.45) is 4.48. The van der Waals surface area contributed by atoms with Crippen LogP contribution in [0.4, 0.5) is 4.79 Å². The molecule has 17 heavy (non-hydrogen) atoms. The maximum atomic E-state index is 10.8. The Kier molecular flexibility index (Phi) is 4.62. The van der Waals surface area contributed by atoms with Gasteiger partial charge in [-0.05, 0) is 32.2 Å². The van der Waals surface area contributed by atoms with Crippen LogP contribution in [0.1, 0.15) is 32.6 Å². The van der Waals surface area contributed by atoms with Crippen molar-refractivity contribution in [2.75, 3.05) is 19.7 Å². The lowest BCUT2D eigenvalue weighted by atomic mass is 9.93. The zero-order chi connectivity index (χ0) is 12.1.